The summed E-state index contributed by atoms with van der Waals surface area (Å²) in [4.78, 5) is 33.0. The third-order valence-corrected chi connectivity index (χ3v) is 3.11. The molecular formula is C11H6Cl2O3. The molecule has 0 unspecified atom stereocenters. The van der Waals surface area contributed by atoms with E-state index in [1.54, 1.807) is 12.1 Å². The molecule has 1 saturated carbocycles. The zero-order valence-corrected chi connectivity index (χ0v) is 9.51. The number of Topliss-reactive ketones (excluding diaryl/α,β-unsaturated/α-hetero) is 3. The molecule has 0 saturated heterocycles. The molecule has 0 N–H and O–H groups in total. The van der Waals surface area contributed by atoms with Crippen LogP contribution in [0.25, 0.3) is 0 Å². The van der Waals surface area contributed by atoms with Crippen LogP contribution in [0.3, 0.4) is 0 Å². The van der Waals surface area contributed by atoms with Crippen molar-refractivity contribution in [2.24, 2.45) is 5.92 Å². The molecule has 0 aliphatic heterocycles. The van der Waals surface area contributed by atoms with Crippen molar-refractivity contribution in [1.29, 1.82) is 0 Å². The van der Waals surface area contributed by atoms with E-state index < -0.39 is 23.3 Å². The topological polar surface area (TPSA) is 51.2 Å². The fourth-order valence-corrected chi connectivity index (χ4v) is 2.06. The Morgan fingerprint density at radius 2 is 1.69 bits per heavy atom. The Balaban J connectivity index is 2.19. The second kappa shape index (κ2) is 4.00. The lowest BCUT2D eigenvalue weighted by Crippen LogP contribution is -2.50. The first-order valence-corrected chi connectivity index (χ1v) is 5.32. The van der Waals surface area contributed by atoms with E-state index in [1.165, 1.54) is 6.07 Å². The second-order valence-corrected chi connectivity index (χ2v) is 4.39. The molecule has 0 radical (unpaired) electrons. The third-order valence-electron chi connectivity index (χ3n) is 2.52. The standard InChI is InChI=1S/C11H6Cl2O3/c12-6-2-1-5(8(13)4-6)3-7-9(14)11(16)10(7)15/h1-2,4,7H,3H2. The van der Waals surface area contributed by atoms with Crippen molar-refractivity contribution in [2.45, 2.75) is 6.42 Å². The number of carbonyl (C=O) groups is 3. The van der Waals surface area contributed by atoms with E-state index in [2.05, 4.69) is 0 Å². The molecule has 0 spiro atoms. The number of hydrogen-bond acceptors (Lipinski definition) is 3. The lowest BCUT2D eigenvalue weighted by molar-refractivity contribution is -0.156. The monoisotopic (exact) mass is 256 g/mol. The Hall–Kier alpha value is -1.19. The van der Waals surface area contributed by atoms with Crippen LogP contribution in [0.1, 0.15) is 5.56 Å². The first-order chi connectivity index (χ1) is 7.50. The molecule has 1 aliphatic carbocycles. The predicted molar refractivity (Wildman–Crippen MR) is 58.7 cm³/mol. The summed E-state index contributed by atoms with van der Waals surface area (Å²) in [5.74, 6) is -3.02. The highest BCUT2D eigenvalue weighted by Gasteiger charge is 2.47. The maximum atomic E-state index is 11.1. The third kappa shape index (κ3) is 1.77. The van der Waals surface area contributed by atoms with Crippen LogP contribution in [0.2, 0.25) is 10.0 Å². The van der Waals surface area contributed by atoms with Gasteiger partial charge in [0.25, 0.3) is 5.78 Å². The van der Waals surface area contributed by atoms with Crippen LogP contribution in [0, 0.1) is 5.92 Å². The Kier molecular flexibility index (Phi) is 2.82. The Labute approximate surface area is 101 Å². The number of halogens is 2. The minimum absolute atomic E-state index is 0.166. The molecule has 3 nitrogen and oxygen atoms in total. The van der Waals surface area contributed by atoms with Crippen LogP contribution in [0.5, 0.6) is 0 Å². The van der Waals surface area contributed by atoms with E-state index in [4.69, 9.17) is 23.2 Å². The summed E-state index contributed by atoms with van der Waals surface area (Å²) >= 11 is 11.6. The molecule has 82 valence electrons. The van der Waals surface area contributed by atoms with Gasteiger partial charge in [0.1, 0.15) is 0 Å². The number of ketones is 3. The SMILES string of the molecule is O=C1C(=O)C(Cc2ccc(Cl)cc2Cl)C1=O. The van der Waals surface area contributed by atoms with E-state index in [-0.39, 0.29) is 6.42 Å². The molecule has 0 atom stereocenters. The largest absolute Gasteiger partial charge is 0.290 e. The highest BCUT2D eigenvalue weighted by Crippen LogP contribution is 2.26. The minimum Gasteiger partial charge on any atom is -0.290 e. The van der Waals surface area contributed by atoms with Gasteiger partial charge in [-0.3, -0.25) is 14.4 Å². The highest BCUT2D eigenvalue weighted by atomic mass is 35.5. The zero-order chi connectivity index (χ0) is 11.9. The van der Waals surface area contributed by atoms with Crippen molar-refractivity contribution in [3.05, 3.63) is 33.8 Å². The van der Waals surface area contributed by atoms with Gasteiger partial charge in [0.05, 0.1) is 5.92 Å². The maximum Gasteiger partial charge on any atom is 0.265 e. The smallest absolute Gasteiger partial charge is 0.265 e. The molecule has 0 heterocycles. The molecule has 1 aromatic rings. The predicted octanol–water partition coefficient (Wildman–Crippen LogP) is 1.87. The van der Waals surface area contributed by atoms with Crippen molar-refractivity contribution < 1.29 is 14.4 Å². The first kappa shape index (κ1) is 11.3. The molecule has 0 bridgehead atoms. The van der Waals surface area contributed by atoms with E-state index in [1.807, 2.05) is 0 Å². The summed E-state index contributed by atoms with van der Waals surface area (Å²) in [5.41, 5.74) is 0.644. The van der Waals surface area contributed by atoms with Gasteiger partial charge in [0, 0.05) is 10.0 Å². The summed E-state index contributed by atoms with van der Waals surface area (Å²) in [5, 5.41) is 0.878. The van der Waals surface area contributed by atoms with Gasteiger partial charge in [0.2, 0.25) is 11.6 Å². The Bertz CT molecular complexity index is 490. The summed E-state index contributed by atoms with van der Waals surface area (Å²) in [7, 11) is 0. The van der Waals surface area contributed by atoms with Gasteiger partial charge >= 0.3 is 0 Å². The number of rotatable bonds is 2. The molecule has 5 heteroatoms. The van der Waals surface area contributed by atoms with Gasteiger partial charge in [-0.25, -0.2) is 0 Å². The fourth-order valence-electron chi connectivity index (χ4n) is 1.57. The maximum absolute atomic E-state index is 11.1. The summed E-state index contributed by atoms with van der Waals surface area (Å²) < 4.78 is 0. The van der Waals surface area contributed by atoms with Gasteiger partial charge in [-0.05, 0) is 24.1 Å². The number of benzene rings is 1. The van der Waals surface area contributed by atoms with Crippen LogP contribution < -0.4 is 0 Å². The van der Waals surface area contributed by atoms with E-state index in [0.717, 1.165) is 0 Å². The van der Waals surface area contributed by atoms with E-state index in [9.17, 15) is 14.4 Å². The highest BCUT2D eigenvalue weighted by molar-refractivity contribution is 6.76. The lowest BCUT2D eigenvalue weighted by Gasteiger charge is -2.20. The molecule has 16 heavy (non-hydrogen) atoms. The van der Waals surface area contributed by atoms with Gasteiger partial charge < -0.3 is 0 Å². The van der Waals surface area contributed by atoms with Gasteiger partial charge in [-0.1, -0.05) is 29.3 Å². The summed E-state index contributed by atoms with van der Waals surface area (Å²) in [6, 6.07) is 4.81. The fraction of sp³-hybridized carbons (Fsp3) is 0.182. The first-order valence-electron chi connectivity index (χ1n) is 4.57. The average molecular weight is 257 g/mol. The van der Waals surface area contributed by atoms with Crippen molar-refractivity contribution in [3.63, 3.8) is 0 Å². The van der Waals surface area contributed by atoms with Crippen LogP contribution in [-0.2, 0) is 20.8 Å². The second-order valence-electron chi connectivity index (χ2n) is 3.55. The van der Waals surface area contributed by atoms with Gasteiger partial charge in [-0.2, -0.15) is 0 Å². The van der Waals surface area contributed by atoms with E-state index >= 15 is 0 Å². The minimum atomic E-state index is -0.907. The molecule has 0 amide bonds. The van der Waals surface area contributed by atoms with Crippen molar-refractivity contribution >= 4 is 40.6 Å². The molecule has 1 aliphatic rings. The molecular weight excluding hydrogens is 251 g/mol. The normalized spacial score (nSPS) is 16.5. The summed E-state index contributed by atoms with van der Waals surface area (Å²) in [6.45, 7) is 0. The Morgan fingerprint density at radius 3 is 2.25 bits per heavy atom. The van der Waals surface area contributed by atoms with Crippen molar-refractivity contribution in [1.82, 2.24) is 0 Å². The van der Waals surface area contributed by atoms with Crippen molar-refractivity contribution in [3.8, 4) is 0 Å². The molecule has 1 fully saturated rings. The number of carbonyl (C=O) groups excluding carboxylic acids is 3. The Morgan fingerprint density at radius 1 is 1.06 bits per heavy atom. The number of hydrogen-bond donors (Lipinski definition) is 0. The lowest BCUT2D eigenvalue weighted by atomic mass is 9.77. The summed E-state index contributed by atoms with van der Waals surface area (Å²) in [6.07, 6.45) is 0.166. The van der Waals surface area contributed by atoms with Gasteiger partial charge in [-0.15, -0.1) is 0 Å². The molecule has 1 aromatic carbocycles. The van der Waals surface area contributed by atoms with Crippen LogP contribution in [0.15, 0.2) is 18.2 Å². The average Bonchev–Trinajstić information content (AvgIpc) is 2.26. The quantitative estimate of drug-likeness (QED) is 0.600. The van der Waals surface area contributed by atoms with E-state index in [0.29, 0.717) is 15.6 Å². The zero-order valence-electron chi connectivity index (χ0n) is 8.00. The van der Waals surface area contributed by atoms with Crippen LogP contribution in [0.4, 0.5) is 0 Å². The van der Waals surface area contributed by atoms with Crippen molar-refractivity contribution in [2.75, 3.05) is 0 Å². The molecule has 0 aromatic heterocycles. The van der Waals surface area contributed by atoms with Crippen LogP contribution in [-0.4, -0.2) is 17.3 Å². The van der Waals surface area contributed by atoms with Crippen LogP contribution >= 0.6 is 23.2 Å². The van der Waals surface area contributed by atoms with Gasteiger partial charge in [0.15, 0.2) is 0 Å². The molecule has 2 rings (SSSR count).